The average molecular weight is 481 g/mol. The summed E-state index contributed by atoms with van der Waals surface area (Å²) < 4.78 is 13.4. The Hall–Kier alpha value is -3.18. The number of carbonyl (C=O) groups excluding carboxylic acids is 2. The van der Waals surface area contributed by atoms with Gasteiger partial charge < -0.3 is 10.2 Å². The van der Waals surface area contributed by atoms with Crippen LogP contribution >= 0.6 is 11.6 Å². The lowest BCUT2D eigenvalue weighted by Crippen LogP contribution is -2.51. The summed E-state index contributed by atoms with van der Waals surface area (Å²) in [6, 6.07) is 22.1. The minimum absolute atomic E-state index is 0.0661. The van der Waals surface area contributed by atoms with Gasteiger partial charge in [-0.05, 0) is 46.9 Å². The zero-order valence-corrected chi connectivity index (χ0v) is 20.3. The Morgan fingerprint density at radius 1 is 0.882 bits per heavy atom. The second kappa shape index (κ2) is 12.3. The van der Waals surface area contributed by atoms with Crippen molar-refractivity contribution in [3.63, 3.8) is 0 Å². The number of benzene rings is 3. The molecule has 0 aliphatic heterocycles. The molecule has 3 aromatic carbocycles. The van der Waals surface area contributed by atoms with E-state index in [4.69, 9.17) is 11.6 Å². The SMILES string of the molecule is CC(C)CNC(=O)[C@@H](Cc1ccccc1)N(Cc1ccc(Cl)cc1)C(=O)Cc1ccc(F)cc1. The molecule has 0 saturated carbocycles. The van der Waals surface area contributed by atoms with Crippen molar-refractivity contribution < 1.29 is 14.0 Å². The van der Waals surface area contributed by atoms with Crippen molar-refractivity contribution in [1.82, 2.24) is 10.2 Å². The first-order valence-corrected chi connectivity index (χ1v) is 11.8. The third-order valence-corrected chi connectivity index (χ3v) is 5.74. The number of rotatable bonds is 10. The van der Waals surface area contributed by atoms with Crippen LogP contribution in [0, 0.1) is 11.7 Å². The Balaban J connectivity index is 1.93. The lowest BCUT2D eigenvalue weighted by Gasteiger charge is -2.32. The van der Waals surface area contributed by atoms with Gasteiger partial charge in [-0.1, -0.05) is 80.0 Å². The summed E-state index contributed by atoms with van der Waals surface area (Å²) in [5, 5.41) is 3.60. The highest BCUT2D eigenvalue weighted by Gasteiger charge is 2.30. The number of amides is 2. The van der Waals surface area contributed by atoms with E-state index in [0.29, 0.717) is 23.6 Å². The summed E-state index contributed by atoms with van der Waals surface area (Å²) in [6.07, 6.45) is 0.449. The molecule has 0 radical (unpaired) electrons. The molecule has 6 heteroatoms. The maximum Gasteiger partial charge on any atom is 0.243 e. The van der Waals surface area contributed by atoms with E-state index < -0.39 is 6.04 Å². The second-order valence-corrected chi connectivity index (χ2v) is 9.23. The van der Waals surface area contributed by atoms with Gasteiger partial charge in [0.25, 0.3) is 0 Å². The van der Waals surface area contributed by atoms with Gasteiger partial charge in [-0.15, -0.1) is 0 Å². The monoisotopic (exact) mass is 480 g/mol. The molecule has 178 valence electrons. The highest BCUT2D eigenvalue weighted by atomic mass is 35.5. The molecule has 34 heavy (non-hydrogen) atoms. The normalized spacial score (nSPS) is 11.8. The molecule has 0 aliphatic rings. The topological polar surface area (TPSA) is 49.4 Å². The largest absolute Gasteiger partial charge is 0.354 e. The molecule has 0 aromatic heterocycles. The van der Waals surface area contributed by atoms with Gasteiger partial charge in [0.05, 0.1) is 6.42 Å². The molecule has 1 N–H and O–H groups in total. The Bertz CT molecular complexity index is 1070. The molecule has 4 nitrogen and oxygen atoms in total. The van der Waals surface area contributed by atoms with Crippen LogP contribution in [0.25, 0.3) is 0 Å². The van der Waals surface area contributed by atoms with E-state index in [9.17, 15) is 14.0 Å². The van der Waals surface area contributed by atoms with E-state index in [0.717, 1.165) is 11.1 Å². The number of hydrogen-bond acceptors (Lipinski definition) is 2. The standard InChI is InChI=1S/C28H30ClFN2O2/c1-20(2)18-31-28(34)26(16-21-6-4-3-5-7-21)32(19-23-8-12-24(29)13-9-23)27(33)17-22-10-14-25(30)15-11-22/h3-15,20,26H,16-19H2,1-2H3,(H,31,34)/t26-/m1/s1. The fourth-order valence-electron chi connectivity index (χ4n) is 3.64. The summed E-state index contributed by atoms with van der Waals surface area (Å²) in [5.41, 5.74) is 2.52. The zero-order valence-electron chi connectivity index (χ0n) is 19.5. The fraction of sp³-hybridized carbons (Fsp3) is 0.286. The molecule has 0 saturated heterocycles. The Morgan fingerprint density at radius 3 is 2.12 bits per heavy atom. The summed E-state index contributed by atoms with van der Waals surface area (Å²) in [6.45, 7) is 4.82. The van der Waals surface area contributed by atoms with Crippen molar-refractivity contribution in [2.24, 2.45) is 5.92 Å². The Kier molecular flexibility index (Phi) is 9.23. The third kappa shape index (κ3) is 7.70. The lowest BCUT2D eigenvalue weighted by atomic mass is 10.0. The van der Waals surface area contributed by atoms with E-state index in [1.54, 1.807) is 29.2 Å². The predicted molar refractivity (Wildman–Crippen MR) is 134 cm³/mol. The van der Waals surface area contributed by atoms with Crippen molar-refractivity contribution in [2.45, 2.75) is 39.3 Å². The maximum atomic E-state index is 13.6. The third-order valence-electron chi connectivity index (χ3n) is 5.49. The highest BCUT2D eigenvalue weighted by molar-refractivity contribution is 6.30. The quantitative estimate of drug-likeness (QED) is 0.420. The van der Waals surface area contributed by atoms with Crippen molar-refractivity contribution in [2.75, 3.05) is 6.54 Å². The van der Waals surface area contributed by atoms with Crippen LogP contribution in [0.4, 0.5) is 4.39 Å². The molecule has 0 aliphatic carbocycles. The van der Waals surface area contributed by atoms with E-state index in [-0.39, 0.29) is 36.5 Å². The molecule has 3 aromatic rings. The number of carbonyl (C=O) groups is 2. The van der Waals surface area contributed by atoms with Gasteiger partial charge in [-0.2, -0.15) is 0 Å². The van der Waals surface area contributed by atoms with E-state index in [2.05, 4.69) is 5.32 Å². The molecule has 3 rings (SSSR count). The van der Waals surface area contributed by atoms with Crippen LogP contribution in [0.2, 0.25) is 5.02 Å². The molecule has 0 bridgehead atoms. The van der Waals surface area contributed by atoms with E-state index >= 15 is 0 Å². The molecule has 2 amide bonds. The summed E-state index contributed by atoms with van der Waals surface area (Å²) in [4.78, 5) is 28.6. The van der Waals surface area contributed by atoms with Crippen LogP contribution < -0.4 is 5.32 Å². The maximum absolute atomic E-state index is 13.6. The zero-order chi connectivity index (χ0) is 24.5. The van der Waals surface area contributed by atoms with Gasteiger partial charge in [-0.25, -0.2) is 4.39 Å². The van der Waals surface area contributed by atoms with Gasteiger partial charge in [0.2, 0.25) is 11.8 Å². The molecular weight excluding hydrogens is 451 g/mol. The van der Waals surface area contributed by atoms with Crippen LogP contribution in [0.1, 0.15) is 30.5 Å². The van der Waals surface area contributed by atoms with Crippen LogP contribution in [-0.4, -0.2) is 29.3 Å². The number of nitrogens with one attached hydrogen (secondary N) is 1. The predicted octanol–water partition coefficient (Wildman–Crippen LogP) is 5.43. The Labute approximate surface area is 205 Å². The van der Waals surface area contributed by atoms with E-state index in [1.807, 2.05) is 56.3 Å². The summed E-state index contributed by atoms with van der Waals surface area (Å²) in [5.74, 6) is -0.480. The van der Waals surface area contributed by atoms with Crippen LogP contribution in [-0.2, 0) is 29.0 Å². The first kappa shape index (κ1) is 25.4. The van der Waals surface area contributed by atoms with Gasteiger partial charge in [0, 0.05) is 24.5 Å². The van der Waals surface area contributed by atoms with Gasteiger partial charge in [0.1, 0.15) is 11.9 Å². The first-order valence-electron chi connectivity index (χ1n) is 11.4. The average Bonchev–Trinajstić information content (AvgIpc) is 2.83. The minimum Gasteiger partial charge on any atom is -0.354 e. The van der Waals surface area contributed by atoms with Crippen molar-refractivity contribution in [3.8, 4) is 0 Å². The van der Waals surface area contributed by atoms with Gasteiger partial charge in [0.15, 0.2) is 0 Å². The first-order chi connectivity index (χ1) is 16.3. The second-order valence-electron chi connectivity index (χ2n) is 8.80. The fourth-order valence-corrected chi connectivity index (χ4v) is 3.77. The molecule has 1 atom stereocenters. The molecule has 0 spiro atoms. The van der Waals surface area contributed by atoms with Crippen LogP contribution in [0.15, 0.2) is 78.9 Å². The van der Waals surface area contributed by atoms with Crippen LogP contribution in [0.5, 0.6) is 0 Å². The van der Waals surface area contributed by atoms with Crippen molar-refractivity contribution in [3.05, 3.63) is 106 Å². The molecule has 0 fully saturated rings. The molecule has 0 unspecified atom stereocenters. The Morgan fingerprint density at radius 2 is 1.50 bits per heavy atom. The number of halogens is 2. The summed E-state index contributed by atoms with van der Waals surface area (Å²) >= 11 is 6.05. The van der Waals surface area contributed by atoms with E-state index in [1.165, 1.54) is 12.1 Å². The molecular formula is C28H30ClFN2O2. The number of hydrogen-bond donors (Lipinski definition) is 1. The minimum atomic E-state index is -0.704. The highest BCUT2D eigenvalue weighted by Crippen LogP contribution is 2.18. The van der Waals surface area contributed by atoms with Gasteiger partial charge >= 0.3 is 0 Å². The lowest BCUT2D eigenvalue weighted by molar-refractivity contribution is -0.140. The number of nitrogens with zero attached hydrogens (tertiary/aromatic N) is 1. The van der Waals surface area contributed by atoms with Crippen molar-refractivity contribution >= 4 is 23.4 Å². The smallest absolute Gasteiger partial charge is 0.243 e. The van der Waals surface area contributed by atoms with Crippen molar-refractivity contribution in [1.29, 1.82) is 0 Å². The summed E-state index contributed by atoms with van der Waals surface area (Å²) in [7, 11) is 0. The van der Waals surface area contributed by atoms with Crippen LogP contribution in [0.3, 0.4) is 0 Å². The van der Waals surface area contributed by atoms with Gasteiger partial charge in [-0.3, -0.25) is 9.59 Å². The molecule has 0 heterocycles.